The number of carbonyl (C=O) groups is 2. The van der Waals surface area contributed by atoms with E-state index in [2.05, 4.69) is 5.32 Å². The Morgan fingerprint density at radius 2 is 2.26 bits per heavy atom. The maximum absolute atomic E-state index is 12.5. The minimum Gasteiger partial charge on any atom is -0.507 e. The fourth-order valence-corrected chi connectivity index (χ4v) is 2.35. The highest BCUT2D eigenvalue weighted by Gasteiger charge is 2.33. The Morgan fingerprint density at radius 3 is 2.95 bits per heavy atom. The molecule has 1 heterocycles. The highest BCUT2D eigenvalue weighted by molar-refractivity contribution is 6.00. The van der Waals surface area contributed by atoms with Gasteiger partial charge >= 0.3 is 0 Å². The van der Waals surface area contributed by atoms with Crippen LogP contribution in [-0.4, -0.2) is 41.0 Å². The fourth-order valence-electron chi connectivity index (χ4n) is 2.35. The number of hydrogen-bond acceptors (Lipinski definition) is 3. The Labute approximate surface area is 112 Å². The first-order valence-electron chi connectivity index (χ1n) is 6.43. The van der Waals surface area contributed by atoms with Crippen molar-refractivity contribution in [3.05, 3.63) is 29.3 Å². The van der Waals surface area contributed by atoms with E-state index in [1.165, 1.54) is 4.90 Å². The average Bonchev–Trinajstić information content (AvgIpc) is 2.41. The van der Waals surface area contributed by atoms with Crippen molar-refractivity contribution in [1.29, 1.82) is 0 Å². The quantitative estimate of drug-likeness (QED) is 0.837. The van der Waals surface area contributed by atoms with E-state index < -0.39 is 6.04 Å². The van der Waals surface area contributed by atoms with Crippen molar-refractivity contribution in [2.45, 2.75) is 26.3 Å². The maximum atomic E-state index is 12.5. The molecule has 0 aromatic heterocycles. The second-order valence-corrected chi connectivity index (χ2v) is 4.68. The Balaban J connectivity index is 2.32. The summed E-state index contributed by atoms with van der Waals surface area (Å²) >= 11 is 0. The number of rotatable bonds is 2. The molecule has 5 nitrogen and oxygen atoms in total. The van der Waals surface area contributed by atoms with Crippen LogP contribution in [0.3, 0.4) is 0 Å². The predicted molar refractivity (Wildman–Crippen MR) is 71.0 cm³/mol. The number of aryl methyl sites for hydroxylation is 1. The van der Waals surface area contributed by atoms with Gasteiger partial charge in [-0.15, -0.1) is 0 Å². The summed E-state index contributed by atoms with van der Waals surface area (Å²) in [5, 5.41) is 12.7. The lowest BCUT2D eigenvalue weighted by atomic mass is 10.0. The Morgan fingerprint density at radius 1 is 1.53 bits per heavy atom. The number of aromatic hydroxyl groups is 1. The first kappa shape index (κ1) is 13.4. The van der Waals surface area contributed by atoms with Crippen molar-refractivity contribution >= 4 is 11.8 Å². The van der Waals surface area contributed by atoms with Gasteiger partial charge in [-0.05, 0) is 25.0 Å². The zero-order chi connectivity index (χ0) is 14.0. The SMILES string of the molecule is CCC1C(=O)NCCN1C(=O)c1cccc(C)c1O. The molecule has 1 unspecified atom stereocenters. The molecule has 1 aliphatic rings. The summed E-state index contributed by atoms with van der Waals surface area (Å²) in [6, 6.07) is 4.60. The molecular formula is C14H18N2O3. The zero-order valence-corrected chi connectivity index (χ0v) is 11.1. The smallest absolute Gasteiger partial charge is 0.258 e. The predicted octanol–water partition coefficient (Wildman–Crippen LogP) is 1.05. The summed E-state index contributed by atoms with van der Waals surface area (Å²) in [7, 11) is 0. The average molecular weight is 262 g/mol. The van der Waals surface area contributed by atoms with Crippen LogP contribution in [0.2, 0.25) is 0 Å². The Bertz CT molecular complexity index is 513. The van der Waals surface area contributed by atoms with Crippen LogP contribution in [-0.2, 0) is 4.79 Å². The third-order valence-corrected chi connectivity index (χ3v) is 3.45. The number of hydrogen-bond donors (Lipinski definition) is 2. The highest BCUT2D eigenvalue weighted by Crippen LogP contribution is 2.24. The molecule has 19 heavy (non-hydrogen) atoms. The Hall–Kier alpha value is -2.04. The number of nitrogens with one attached hydrogen (secondary N) is 1. The lowest BCUT2D eigenvalue weighted by Gasteiger charge is -2.34. The summed E-state index contributed by atoms with van der Waals surface area (Å²) in [5.74, 6) is -0.425. The number of phenolic OH excluding ortho intramolecular Hbond substituents is 1. The molecule has 2 amide bonds. The number of benzene rings is 1. The number of piperazine rings is 1. The molecule has 1 atom stereocenters. The lowest BCUT2D eigenvalue weighted by Crippen LogP contribution is -2.56. The largest absolute Gasteiger partial charge is 0.507 e. The van der Waals surface area contributed by atoms with Gasteiger partial charge in [0.2, 0.25) is 5.91 Å². The first-order chi connectivity index (χ1) is 9.06. The van der Waals surface area contributed by atoms with E-state index in [0.29, 0.717) is 25.1 Å². The van der Waals surface area contributed by atoms with Crippen LogP contribution in [0, 0.1) is 6.92 Å². The molecule has 1 aromatic rings. The van der Waals surface area contributed by atoms with Crippen LogP contribution >= 0.6 is 0 Å². The van der Waals surface area contributed by atoms with Gasteiger partial charge in [0.1, 0.15) is 11.8 Å². The molecule has 1 fully saturated rings. The summed E-state index contributed by atoms with van der Waals surface area (Å²) in [6.45, 7) is 4.53. The minimum atomic E-state index is -0.457. The lowest BCUT2D eigenvalue weighted by molar-refractivity contribution is -0.127. The van der Waals surface area contributed by atoms with Gasteiger partial charge in [0.05, 0.1) is 5.56 Å². The van der Waals surface area contributed by atoms with E-state index in [0.717, 1.165) is 0 Å². The molecule has 5 heteroatoms. The van der Waals surface area contributed by atoms with Crippen LogP contribution < -0.4 is 5.32 Å². The highest BCUT2D eigenvalue weighted by atomic mass is 16.3. The molecule has 0 radical (unpaired) electrons. The monoisotopic (exact) mass is 262 g/mol. The van der Waals surface area contributed by atoms with Crippen LogP contribution in [0.5, 0.6) is 5.75 Å². The molecule has 102 valence electrons. The number of para-hydroxylation sites is 1. The fraction of sp³-hybridized carbons (Fsp3) is 0.429. The molecule has 2 rings (SSSR count). The van der Waals surface area contributed by atoms with E-state index in [-0.39, 0.29) is 23.1 Å². The van der Waals surface area contributed by atoms with Crippen molar-refractivity contribution in [3.8, 4) is 5.75 Å². The molecule has 0 saturated carbocycles. The normalized spacial score (nSPS) is 19.2. The van der Waals surface area contributed by atoms with E-state index >= 15 is 0 Å². The summed E-state index contributed by atoms with van der Waals surface area (Å²) in [5.41, 5.74) is 0.911. The summed E-state index contributed by atoms with van der Waals surface area (Å²) in [4.78, 5) is 25.8. The topological polar surface area (TPSA) is 69.6 Å². The van der Waals surface area contributed by atoms with Crippen molar-refractivity contribution < 1.29 is 14.7 Å². The van der Waals surface area contributed by atoms with Gasteiger partial charge in [-0.25, -0.2) is 0 Å². The number of carbonyl (C=O) groups excluding carboxylic acids is 2. The second kappa shape index (κ2) is 5.30. The third-order valence-electron chi connectivity index (χ3n) is 3.45. The first-order valence-corrected chi connectivity index (χ1v) is 6.43. The number of nitrogens with zero attached hydrogens (tertiary/aromatic N) is 1. The maximum Gasteiger partial charge on any atom is 0.258 e. The van der Waals surface area contributed by atoms with Crippen molar-refractivity contribution in [1.82, 2.24) is 10.2 Å². The number of phenols is 1. The van der Waals surface area contributed by atoms with Gasteiger partial charge in [-0.3, -0.25) is 9.59 Å². The minimum absolute atomic E-state index is 0.00617. The standard InChI is InChI=1S/C14H18N2O3/c1-3-11-13(18)15-7-8-16(11)14(19)10-6-4-5-9(2)12(10)17/h4-6,11,17H,3,7-8H2,1-2H3,(H,15,18). The van der Waals surface area contributed by atoms with Gasteiger partial charge in [0.15, 0.2) is 0 Å². The van der Waals surface area contributed by atoms with Crippen molar-refractivity contribution in [2.24, 2.45) is 0 Å². The molecule has 1 aromatic carbocycles. The van der Waals surface area contributed by atoms with Gasteiger partial charge in [-0.2, -0.15) is 0 Å². The molecule has 0 spiro atoms. The van der Waals surface area contributed by atoms with E-state index in [1.807, 2.05) is 6.92 Å². The third kappa shape index (κ3) is 2.41. The Kier molecular flexibility index (Phi) is 3.74. The van der Waals surface area contributed by atoms with Crippen LogP contribution in [0.25, 0.3) is 0 Å². The van der Waals surface area contributed by atoms with E-state index in [1.54, 1.807) is 25.1 Å². The van der Waals surface area contributed by atoms with Gasteiger partial charge in [0, 0.05) is 13.1 Å². The van der Waals surface area contributed by atoms with Crippen molar-refractivity contribution in [2.75, 3.05) is 13.1 Å². The second-order valence-electron chi connectivity index (χ2n) is 4.68. The molecule has 0 bridgehead atoms. The van der Waals surface area contributed by atoms with Gasteiger partial charge < -0.3 is 15.3 Å². The molecular weight excluding hydrogens is 244 g/mol. The number of amides is 2. The van der Waals surface area contributed by atoms with Gasteiger partial charge in [0.25, 0.3) is 5.91 Å². The molecule has 1 saturated heterocycles. The van der Waals surface area contributed by atoms with Crippen LogP contribution in [0.15, 0.2) is 18.2 Å². The summed E-state index contributed by atoms with van der Waals surface area (Å²) < 4.78 is 0. The van der Waals surface area contributed by atoms with Crippen molar-refractivity contribution in [3.63, 3.8) is 0 Å². The van der Waals surface area contributed by atoms with E-state index in [4.69, 9.17) is 0 Å². The van der Waals surface area contributed by atoms with E-state index in [9.17, 15) is 14.7 Å². The van der Waals surface area contributed by atoms with Crippen LogP contribution in [0.4, 0.5) is 0 Å². The summed E-state index contributed by atoms with van der Waals surface area (Å²) in [6.07, 6.45) is 0.560. The van der Waals surface area contributed by atoms with Crippen LogP contribution in [0.1, 0.15) is 29.3 Å². The molecule has 2 N–H and O–H groups in total. The van der Waals surface area contributed by atoms with Gasteiger partial charge in [-0.1, -0.05) is 19.1 Å². The zero-order valence-electron chi connectivity index (χ0n) is 11.1. The molecule has 1 aliphatic heterocycles. The molecule has 0 aliphatic carbocycles.